The fraction of sp³-hybridized carbons (Fsp3) is 0.0909. The standard InChI is InChI=1S/C11H6FNO2/c12-10-5-4-9(11(14)15)7-8(10)3-1-2-6-13/h4-5,7H,2H2,(H,14,15). The summed E-state index contributed by atoms with van der Waals surface area (Å²) in [6.45, 7) is 0. The molecule has 0 radical (unpaired) electrons. The van der Waals surface area contributed by atoms with Gasteiger partial charge in [0.05, 0.1) is 23.6 Å². The van der Waals surface area contributed by atoms with Gasteiger partial charge in [-0.2, -0.15) is 5.26 Å². The van der Waals surface area contributed by atoms with Crippen LogP contribution in [0.4, 0.5) is 4.39 Å². The first kappa shape index (κ1) is 10.7. The summed E-state index contributed by atoms with van der Waals surface area (Å²) in [5, 5.41) is 16.9. The summed E-state index contributed by atoms with van der Waals surface area (Å²) in [5.74, 6) is 3.08. The van der Waals surface area contributed by atoms with E-state index in [1.165, 1.54) is 0 Å². The second kappa shape index (κ2) is 4.78. The summed E-state index contributed by atoms with van der Waals surface area (Å²) >= 11 is 0. The van der Waals surface area contributed by atoms with Crippen molar-refractivity contribution in [3.63, 3.8) is 0 Å². The molecular weight excluding hydrogens is 197 g/mol. The van der Waals surface area contributed by atoms with E-state index in [1.807, 2.05) is 0 Å². The van der Waals surface area contributed by atoms with E-state index in [-0.39, 0.29) is 17.5 Å². The molecule has 1 N–H and O–H groups in total. The first-order chi connectivity index (χ1) is 7.15. The van der Waals surface area contributed by atoms with E-state index in [4.69, 9.17) is 10.4 Å². The fourth-order valence-corrected chi connectivity index (χ4v) is 0.933. The van der Waals surface area contributed by atoms with E-state index >= 15 is 0 Å². The maximum Gasteiger partial charge on any atom is 0.335 e. The second-order valence-electron chi connectivity index (χ2n) is 2.64. The Labute approximate surface area is 85.8 Å². The van der Waals surface area contributed by atoms with Gasteiger partial charge in [-0.25, -0.2) is 9.18 Å². The molecule has 0 unspecified atom stereocenters. The lowest BCUT2D eigenvalue weighted by molar-refractivity contribution is 0.0697. The van der Waals surface area contributed by atoms with Gasteiger partial charge in [0.2, 0.25) is 0 Å². The summed E-state index contributed by atoms with van der Waals surface area (Å²) in [6, 6.07) is 5.12. The average Bonchev–Trinajstić information content (AvgIpc) is 2.20. The highest BCUT2D eigenvalue weighted by molar-refractivity contribution is 5.88. The van der Waals surface area contributed by atoms with E-state index in [0.717, 1.165) is 18.2 Å². The Morgan fingerprint density at radius 2 is 2.27 bits per heavy atom. The van der Waals surface area contributed by atoms with Gasteiger partial charge < -0.3 is 5.11 Å². The molecule has 0 bridgehead atoms. The van der Waals surface area contributed by atoms with Crippen LogP contribution in [0, 0.1) is 29.0 Å². The van der Waals surface area contributed by atoms with Gasteiger partial charge in [-0.3, -0.25) is 0 Å². The molecule has 1 aromatic rings. The predicted octanol–water partition coefficient (Wildman–Crippen LogP) is 1.79. The van der Waals surface area contributed by atoms with Crippen LogP contribution in [0.3, 0.4) is 0 Å². The Morgan fingerprint density at radius 3 is 2.87 bits per heavy atom. The number of rotatable bonds is 1. The molecule has 0 saturated heterocycles. The highest BCUT2D eigenvalue weighted by Gasteiger charge is 2.06. The van der Waals surface area contributed by atoms with Crippen LogP contribution in [0.1, 0.15) is 22.3 Å². The third kappa shape index (κ3) is 2.82. The molecule has 0 atom stereocenters. The molecule has 74 valence electrons. The number of hydrogen-bond donors (Lipinski definition) is 1. The van der Waals surface area contributed by atoms with E-state index in [9.17, 15) is 9.18 Å². The number of carboxylic acid groups (broad SMARTS) is 1. The first-order valence-corrected chi connectivity index (χ1v) is 4.04. The molecule has 4 heteroatoms. The third-order valence-electron chi connectivity index (χ3n) is 1.60. The molecule has 0 aliphatic rings. The zero-order valence-corrected chi connectivity index (χ0v) is 7.62. The maximum atomic E-state index is 13.1. The van der Waals surface area contributed by atoms with Crippen molar-refractivity contribution in [1.82, 2.24) is 0 Å². The van der Waals surface area contributed by atoms with Crippen LogP contribution in [0.2, 0.25) is 0 Å². The highest BCUT2D eigenvalue weighted by atomic mass is 19.1. The Balaban J connectivity index is 3.08. The Morgan fingerprint density at radius 1 is 1.53 bits per heavy atom. The van der Waals surface area contributed by atoms with Gasteiger partial charge in [-0.15, -0.1) is 0 Å². The molecule has 15 heavy (non-hydrogen) atoms. The molecule has 0 heterocycles. The smallest absolute Gasteiger partial charge is 0.335 e. The van der Waals surface area contributed by atoms with Crippen molar-refractivity contribution in [2.75, 3.05) is 0 Å². The van der Waals surface area contributed by atoms with Crippen LogP contribution >= 0.6 is 0 Å². The van der Waals surface area contributed by atoms with Crippen molar-refractivity contribution >= 4 is 5.97 Å². The second-order valence-corrected chi connectivity index (χ2v) is 2.64. The van der Waals surface area contributed by atoms with E-state index in [1.54, 1.807) is 6.07 Å². The molecule has 1 rings (SSSR count). The van der Waals surface area contributed by atoms with Gasteiger partial charge in [0.15, 0.2) is 0 Å². The van der Waals surface area contributed by atoms with Gasteiger partial charge in [-0.05, 0) is 18.2 Å². The van der Waals surface area contributed by atoms with Gasteiger partial charge >= 0.3 is 5.97 Å². The number of nitriles is 1. The van der Waals surface area contributed by atoms with E-state index in [0.29, 0.717) is 0 Å². The van der Waals surface area contributed by atoms with Crippen molar-refractivity contribution in [1.29, 1.82) is 5.26 Å². The summed E-state index contributed by atoms with van der Waals surface area (Å²) in [5.41, 5.74) is -0.0391. The minimum absolute atomic E-state index is 0.00912. The van der Waals surface area contributed by atoms with Gasteiger partial charge in [0, 0.05) is 0 Å². The lowest BCUT2D eigenvalue weighted by atomic mass is 10.1. The molecule has 0 aliphatic heterocycles. The third-order valence-corrected chi connectivity index (χ3v) is 1.60. The summed E-state index contributed by atoms with van der Waals surface area (Å²) in [7, 11) is 0. The molecule has 0 amide bonds. The van der Waals surface area contributed by atoms with Gasteiger partial charge in [-0.1, -0.05) is 11.8 Å². The normalized spacial score (nSPS) is 8.53. The minimum atomic E-state index is -1.14. The monoisotopic (exact) mass is 203 g/mol. The maximum absolute atomic E-state index is 13.1. The predicted molar refractivity (Wildman–Crippen MR) is 50.5 cm³/mol. The SMILES string of the molecule is N#CCC#Cc1cc(C(=O)O)ccc1F. The number of aromatic carboxylic acids is 1. The van der Waals surface area contributed by atoms with Crippen LogP contribution in [0.5, 0.6) is 0 Å². The zero-order valence-electron chi connectivity index (χ0n) is 7.62. The van der Waals surface area contributed by atoms with Crippen molar-refractivity contribution in [2.45, 2.75) is 6.42 Å². The quantitative estimate of drug-likeness (QED) is 0.708. The zero-order chi connectivity index (χ0) is 11.3. The molecule has 0 spiro atoms. The van der Waals surface area contributed by atoms with Crippen LogP contribution in [-0.4, -0.2) is 11.1 Å². The van der Waals surface area contributed by atoms with Crippen molar-refractivity contribution in [2.24, 2.45) is 0 Å². The number of carbonyl (C=O) groups is 1. The van der Waals surface area contributed by atoms with Crippen LogP contribution in [-0.2, 0) is 0 Å². The van der Waals surface area contributed by atoms with E-state index in [2.05, 4.69) is 11.8 Å². The fourth-order valence-electron chi connectivity index (χ4n) is 0.933. The lowest BCUT2D eigenvalue weighted by Crippen LogP contribution is -1.97. The van der Waals surface area contributed by atoms with Crippen LogP contribution in [0.25, 0.3) is 0 Å². The Bertz CT molecular complexity index is 492. The lowest BCUT2D eigenvalue weighted by Gasteiger charge is -1.96. The molecular formula is C11H6FNO2. The number of nitrogens with zero attached hydrogens (tertiary/aromatic N) is 1. The largest absolute Gasteiger partial charge is 0.478 e. The number of hydrogen-bond acceptors (Lipinski definition) is 2. The van der Waals surface area contributed by atoms with Crippen molar-refractivity contribution in [3.05, 3.63) is 35.1 Å². The topological polar surface area (TPSA) is 61.1 Å². The van der Waals surface area contributed by atoms with Gasteiger partial charge in [0.25, 0.3) is 0 Å². The summed E-state index contributed by atoms with van der Waals surface area (Å²) in [4.78, 5) is 10.6. The Kier molecular flexibility index (Phi) is 3.43. The van der Waals surface area contributed by atoms with Gasteiger partial charge in [0.1, 0.15) is 5.82 Å². The molecule has 0 saturated carbocycles. The molecule has 3 nitrogen and oxygen atoms in total. The molecule has 0 fully saturated rings. The van der Waals surface area contributed by atoms with Crippen molar-refractivity contribution in [3.8, 4) is 17.9 Å². The number of carboxylic acids is 1. The summed E-state index contributed by atoms with van der Waals surface area (Å²) in [6.07, 6.45) is -0.0171. The highest BCUT2D eigenvalue weighted by Crippen LogP contribution is 2.09. The summed E-state index contributed by atoms with van der Waals surface area (Å²) < 4.78 is 13.1. The number of benzene rings is 1. The first-order valence-electron chi connectivity index (χ1n) is 4.04. The van der Waals surface area contributed by atoms with E-state index < -0.39 is 11.8 Å². The minimum Gasteiger partial charge on any atom is -0.478 e. The average molecular weight is 203 g/mol. The molecule has 0 aromatic heterocycles. The molecule has 1 aromatic carbocycles. The Hall–Kier alpha value is -2.33. The van der Waals surface area contributed by atoms with Crippen molar-refractivity contribution < 1.29 is 14.3 Å². The van der Waals surface area contributed by atoms with Crippen LogP contribution in [0.15, 0.2) is 18.2 Å². The van der Waals surface area contributed by atoms with Crippen LogP contribution < -0.4 is 0 Å². The molecule has 0 aliphatic carbocycles. The number of halogens is 1.